The number of aryl methyl sites for hydroxylation is 2. The first-order chi connectivity index (χ1) is 8.95. The van der Waals surface area contributed by atoms with Gasteiger partial charge in [0, 0.05) is 17.1 Å². The van der Waals surface area contributed by atoms with Gasteiger partial charge in [0.25, 0.3) is 0 Å². The molecule has 6 heteroatoms. The molecule has 3 N–H and O–H groups in total. The molecule has 0 bridgehead atoms. The van der Waals surface area contributed by atoms with Crippen LogP contribution in [-0.4, -0.2) is 34.2 Å². The molecule has 0 saturated carbocycles. The molecule has 0 aliphatic carbocycles. The topological polar surface area (TPSA) is 80.9 Å². The second kappa shape index (κ2) is 7.45. The molecule has 1 unspecified atom stereocenters. The van der Waals surface area contributed by atoms with E-state index in [1.54, 1.807) is 0 Å². The summed E-state index contributed by atoms with van der Waals surface area (Å²) in [6, 6.07) is -0.338. The molecular weight excluding hydrogens is 260 g/mol. The zero-order valence-electron chi connectivity index (χ0n) is 12.0. The maximum absolute atomic E-state index is 11.3. The summed E-state index contributed by atoms with van der Waals surface area (Å²) in [7, 11) is 0. The number of hydrogen-bond acceptors (Lipinski definition) is 5. The number of rotatable bonds is 7. The van der Waals surface area contributed by atoms with Crippen LogP contribution in [0.25, 0.3) is 0 Å². The minimum absolute atomic E-state index is 0.332. The summed E-state index contributed by atoms with van der Waals surface area (Å²) in [4.78, 5) is 20.2. The average Bonchev–Trinajstić information content (AvgIpc) is 2.35. The maximum Gasteiger partial charge on any atom is 0.235 e. The minimum atomic E-state index is -0.338. The van der Waals surface area contributed by atoms with Gasteiger partial charge in [-0.25, -0.2) is 9.97 Å². The minimum Gasteiger partial charge on any atom is -0.368 e. The van der Waals surface area contributed by atoms with Crippen LogP contribution in [-0.2, 0) is 4.79 Å². The van der Waals surface area contributed by atoms with Gasteiger partial charge in [-0.05, 0) is 39.3 Å². The van der Waals surface area contributed by atoms with Gasteiger partial charge in [-0.2, -0.15) is 0 Å². The maximum atomic E-state index is 11.3. The Balaban J connectivity index is 2.66. The predicted octanol–water partition coefficient (Wildman–Crippen LogP) is 1.35. The highest BCUT2D eigenvalue weighted by Gasteiger charge is 2.15. The summed E-state index contributed by atoms with van der Waals surface area (Å²) in [6.45, 7) is 8.77. The Kier molecular flexibility index (Phi) is 6.24. The summed E-state index contributed by atoms with van der Waals surface area (Å²) < 4.78 is 0. The van der Waals surface area contributed by atoms with Gasteiger partial charge in [-0.15, -0.1) is 0 Å². The van der Waals surface area contributed by atoms with Gasteiger partial charge in [0.2, 0.25) is 5.91 Å². The Bertz CT molecular complexity index is 427. The summed E-state index contributed by atoms with van der Waals surface area (Å²) in [5.74, 6) is 0.221. The van der Waals surface area contributed by atoms with E-state index in [2.05, 4.69) is 15.3 Å². The Morgan fingerprint density at radius 3 is 2.37 bits per heavy atom. The number of nitrogens with one attached hydrogen (secondary N) is 1. The zero-order chi connectivity index (χ0) is 14.4. The van der Waals surface area contributed by atoms with E-state index in [1.165, 1.54) is 11.8 Å². The van der Waals surface area contributed by atoms with Crippen molar-refractivity contribution in [2.75, 3.05) is 12.3 Å². The van der Waals surface area contributed by atoms with E-state index in [0.717, 1.165) is 29.9 Å². The fourth-order valence-corrected chi connectivity index (χ4v) is 2.52. The van der Waals surface area contributed by atoms with Crippen LogP contribution in [0.3, 0.4) is 0 Å². The second-order valence-corrected chi connectivity index (χ2v) is 5.51. The highest BCUT2D eigenvalue weighted by atomic mass is 32.2. The van der Waals surface area contributed by atoms with Crippen LogP contribution in [0.1, 0.15) is 30.3 Å². The van der Waals surface area contributed by atoms with Crippen molar-refractivity contribution in [3.8, 4) is 0 Å². The molecule has 1 aromatic rings. The van der Waals surface area contributed by atoms with Gasteiger partial charge < -0.3 is 11.1 Å². The molecule has 106 valence electrons. The summed E-state index contributed by atoms with van der Waals surface area (Å²) in [5, 5.41) is 3.83. The van der Waals surface area contributed by atoms with E-state index in [0.29, 0.717) is 10.9 Å². The van der Waals surface area contributed by atoms with Crippen LogP contribution in [0.5, 0.6) is 0 Å². The quantitative estimate of drug-likeness (QED) is 0.583. The van der Waals surface area contributed by atoms with Crippen LogP contribution < -0.4 is 11.1 Å². The van der Waals surface area contributed by atoms with Crippen molar-refractivity contribution >= 4 is 17.7 Å². The van der Waals surface area contributed by atoms with Gasteiger partial charge in [0.15, 0.2) is 5.16 Å². The summed E-state index contributed by atoms with van der Waals surface area (Å²) in [6.07, 6.45) is 0.966. The van der Waals surface area contributed by atoms with E-state index in [-0.39, 0.29) is 11.9 Å². The molecule has 1 aromatic heterocycles. The standard InChI is InChI=1S/C13H22N4OS/c1-5-6-15-11(12(14)18)7-19-13-16-9(3)8(2)10(4)17-13/h11,15H,5-7H2,1-4H3,(H2,14,18). The molecular formula is C13H22N4OS. The molecule has 0 aliphatic rings. The van der Waals surface area contributed by atoms with Crippen molar-refractivity contribution in [3.05, 3.63) is 17.0 Å². The zero-order valence-corrected chi connectivity index (χ0v) is 12.8. The number of thioether (sulfide) groups is 1. The molecule has 0 spiro atoms. The lowest BCUT2D eigenvalue weighted by Gasteiger charge is -2.14. The molecule has 1 atom stereocenters. The number of nitrogens with zero attached hydrogens (tertiary/aromatic N) is 2. The van der Waals surface area contributed by atoms with Gasteiger partial charge in [-0.1, -0.05) is 18.7 Å². The second-order valence-electron chi connectivity index (χ2n) is 4.52. The molecule has 0 aromatic carbocycles. The molecule has 5 nitrogen and oxygen atoms in total. The van der Waals surface area contributed by atoms with Crippen molar-refractivity contribution in [2.45, 2.75) is 45.3 Å². The van der Waals surface area contributed by atoms with Crippen molar-refractivity contribution < 1.29 is 4.79 Å². The Morgan fingerprint density at radius 2 is 1.89 bits per heavy atom. The van der Waals surface area contributed by atoms with Crippen molar-refractivity contribution in [1.29, 1.82) is 0 Å². The van der Waals surface area contributed by atoms with Crippen LogP contribution in [0, 0.1) is 20.8 Å². The number of nitrogens with two attached hydrogens (primary N) is 1. The normalized spacial score (nSPS) is 12.4. The first-order valence-electron chi connectivity index (χ1n) is 6.43. The van der Waals surface area contributed by atoms with Crippen LogP contribution in [0.15, 0.2) is 5.16 Å². The third kappa shape index (κ3) is 4.80. The van der Waals surface area contributed by atoms with Crippen molar-refractivity contribution in [3.63, 3.8) is 0 Å². The fraction of sp³-hybridized carbons (Fsp3) is 0.615. The van der Waals surface area contributed by atoms with Gasteiger partial charge in [-0.3, -0.25) is 4.79 Å². The molecule has 1 amide bonds. The third-order valence-corrected chi connectivity index (χ3v) is 3.92. The Labute approximate surface area is 118 Å². The average molecular weight is 282 g/mol. The van der Waals surface area contributed by atoms with E-state index in [1.807, 2.05) is 27.7 Å². The Hall–Kier alpha value is -1.14. The van der Waals surface area contributed by atoms with E-state index in [4.69, 9.17) is 5.73 Å². The number of hydrogen-bond donors (Lipinski definition) is 2. The largest absolute Gasteiger partial charge is 0.368 e. The molecule has 0 fully saturated rings. The molecule has 1 rings (SSSR count). The number of carbonyl (C=O) groups excluding carboxylic acids is 1. The van der Waals surface area contributed by atoms with Gasteiger partial charge in [0.1, 0.15) is 0 Å². The van der Waals surface area contributed by atoms with Crippen molar-refractivity contribution in [2.24, 2.45) is 5.73 Å². The third-order valence-electron chi connectivity index (χ3n) is 2.98. The molecule has 1 heterocycles. The van der Waals surface area contributed by atoms with Gasteiger partial charge in [0.05, 0.1) is 6.04 Å². The number of carbonyl (C=O) groups is 1. The van der Waals surface area contributed by atoms with Crippen LogP contribution in [0.4, 0.5) is 0 Å². The highest BCUT2D eigenvalue weighted by Crippen LogP contribution is 2.17. The smallest absolute Gasteiger partial charge is 0.235 e. The van der Waals surface area contributed by atoms with Crippen molar-refractivity contribution in [1.82, 2.24) is 15.3 Å². The molecule has 0 aliphatic heterocycles. The molecule has 19 heavy (non-hydrogen) atoms. The molecule has 0 radical (unpaired) electrons. The monoisotopic (exact) mass is 282 g/mol. The first kappa shape index (κ1) is 15.9. The van der Waals surface area contributed by atoms with E-state index < -0.39 is 0 Å². The summed E-state index contributed by atoms with van der Waals surface area (Å²) >= 11 is 1.46. The van der Waals surface area contributed by atoms with Gasteiger partial charge >= 0.3 is 0 Å². The van der Waals surface area contributed by atoms with E-state index in [9.17, 15) is 4.79 Å². The molecule has 0 saturated heterocycles. The Morgan fingerprint density at radius 1 is 1.32 bits per heavy atom. The number of primary amides is 1. The SMILES string of the molecule is CCCNC(CSc1nc(C)c(C)c(C)n1)C(N)=O. The predicted molar refractivity (Wildman–Crippen MR) is 78.2 cm³/mol. The number of amides is 1. The fourth-order valence-electron chi connectivity index (χ4n) is 1.52. The first-order valence-corrected chi connectivity index (χ1v) is 7.41. The van der Waals surface area contributed by atoms with Crippen LogP contribution >= 0.6 is 11.8 Å². The summed E-state index contributed by atoms with van der Waals surface area (Å²) in [5.41, 5.74) is 8.44. The number of aromatic nitrogens is 2. The lowest BCUT2D eigenvalue weighted by atomic mass is 10.2. The highest BCUT2D eigenvalue weighted by molar-refractivity contribution is 7.99. The lowest BCUT2D eigenvalue weighted by Crippen LogP contribution is -2.43. The lowest BCUT2D eigenvalue weighted by molar-refractivity contribution is -0.119. The van der Waals surface area contributed by atoms with E-state index >= 15 is 0 Å². The van der Waals surface area contributed by atoms with Crippen LogP contribution in [0.2, 0.25) is 0 Å².